The Hall–Kier alpha value is 0.495. The minimum absolute atomic E-state index is 0.301. The molecule has 0 bridgehead atoms. The molecule has 2 heteroatoms. The van der Waals surface area contributed by atoms with E-state index in [1.165, 1.54) is 0 Å². The van der Waals surface area contributed by atoms with Gasteiger partial charge in [-0.25, -0.2) is 0 Å². The summed E-state index contributed by atoms with van der Waals surface area (Å²) in [5, 5.41) is 0. The lowest BCUT2D eigenvalue weighted by atomic mass is 10.0. The van der Waals surface area contributed by atoms with Crippen LogP contribution in [0.3, 0.4) is 0 Å². The normalized spacial score (nSPS) is 14.8. The Morgan fingerprint density at radius 2 is 2.20 bits per heavy atom. The van der Waals surface area contributed by atoms with Crippen LogP contribution in [0, 0.1) is 0 Å². The van der Waals surface area contributed by atoms with E-state index in [2.05, 4.69) is 16.2 Å². The Kier molecular flexibility index (Phi) is 2.99. The van der Waals surface area contributed by atoms with Gasteiger partial charge in [-0.15, -0.1) is 9.24 Å². The fourth-order valence-corrected chi connectivity index (χ4v) is 0. The predicted octanol–water partition coefficient (Wildman–Crippen LogP) is 0.766. The fourth-order valence-electron chi connectivity index (χ4n) is 0. The highest BCUT2D eigenvalue weighted by atomic mass is 31.0. The molecule has 0 aromatic heterocycles. The molecular weight excluding hydrogens is 77.8 g/mol. The van der Waals surface area contributed by atoms with E-state index in [4.69, 9.17) is 7.85 Å². The molecule has 0 saturated heterocycles. The molecule has 0 rings (SSSR count). The van der Waals surface area contributed by atoms with Gasteiger partial charge in [0, 0.05) is 0 Å². The van der Waals surface area contributed by atoms with E-state index in [1.807, 2.05) is 0 Å². The SMILES string of the molecule is [B][C@H](P)CC. The van der Waals surface area contributed by atoms with Gasteiger partial charge >= 0.3 is 0 Å². The highest BCUT2D eigenvalue weighted by Crippen LogP contribution is 1.95. The first-order valence-electron chi connectivity index (χ1n) is 1.78. The maximum atomic E-state index is 5.25. The molecule has 0 N–H and O–H groups in total. The van der Waals surface area contributed by atoms with E-state index in [0.717, 1.165) is 6.42 Å². The highest BCUT2D eigenvalue weighted by molar-refractivity contribution is 7.20. The Balaban J connectivity index is 2.54. The van der Waals surface area contributed by atoms with Crippen LogP contribution in [-0.2, 0) is 0 Å². The summed E-state index contributed by atoms with van der Waals surface area (Å²) in [4.78, 5) is 0. The average molecular weight is 85.9 g/mol. The van der Waals surface area contributed by atoms with Gasteiger partial charge < -0.3 is 0 Å². The minimum atomic E-state index is 0.301. The highest BCUT2D eigenvalue weighted by Gasteiger charge is 1.80. The average Bonchev–Trinajstić information content (AvgIpc) is 1.38. The second-order valence-electron chi connectivity index (χ2n) is 1.07. The van der Waals surface area contributed by atoms with Crippen LogP contribution < -0.4 is 0 Å². The zero-order valence-electron chi connectivity index (χ0n) is 3.44. The van der Waals surface area contributed by atoms with Crippen LogP contribution >= 0.6 is 9.24 Å². The summed E-state index contributed by atoms with van der Waals surface area (Å²) in [6, 6.07) is 0. The largest absolute Gasteiger partial charge is 0.143 e. The van der Waals surface area contributed by atoms with Gasteiger partial charge in [0.2, 0.25) is 0 Å². The standard InChI is InChI=1S/C3H8BP/c1-2-3(4)5/h3H,2,5H2,1H3/t3-/m1/s1. The molecule has 0 fully saturated rings. The van der Waals surface area contributed by atoms with Gasteiger partial charge in [-0.2, -0.15) is 0 Å². The molecule has 0 heterocycles. The van der Waals surface area contributed by atoms with Crippen LogP contribution in [0.5, 0.6) is 0 Å². The minimum Gasteiger partial charge on any atom is -0.143 e. The number of hydrogen-bond donors (Lipinski definition) is 0. The van der Waals surface area contributed by atoms with Gasteiger partial charge in [0.05, 0.1) is 7.85 Å². The quantitative estimate of drug-likeness (QED) is 0.326. The van der Waals surface area contributed by atoms with E-state index in [9.17, 15) is 0 Å². The summed E-state index contributed by atoms with van der Waals surface area (Å²) >= 11 is 0. The third-order valence-electron chi connectivity index (χ3n) is 0.471. The summed E-state index contributed by atoms with van der Waals surface area (Å²) in [6.45, 7) is 2.05. The Bertz CT molecular complexity index is 20.9. The van der Waals surface area contributed by atoms with E-state index < -0.39 is 0 Å². The van der Waals surface area contributed by atoms with Crippen LogP contribution in [0.15, 0.2) is 0 Å². The van der Waals surface area contributed by atoms with Gasteiger partial charge in [-0.3, -0.25) is 0 Å². The van der Waals surface area contributed by atoms with Crippen molar-refractivity contribution in [2.75, 3.05) is 0 Å². The van der Waals surface area contributed by atoms with Gasteiger partial charge in [0.25, 0.3) is 0 Å². The van der Waals surface area contributed by atoms with Crippen LogP contribution in [0.2, 0.25) is 0 Å². The second kappa shape index (κ2) is 2.72. The number of rotatable bonds is 1. The van der Waals surface area contributed by atoms with Crippen molar-refractivity contribution in [2.45, 2.75) is 18.9 Å². The summed E-state index contributed by atoms with van der Waals surface area (Å²) < 4.78 is 0. The molecule has 0 saturated carbocycles. The molecule has 2 radical (unpaired) electrons. The van der Waals surface area contributed by atoms with Crippen LogP contribution in [0.1, 0.15) is 13.3 Å². The lowest BCUT2D eigenvalue weighted by Gasteiger charge is -1.90. The van der Waals surface area contributed by atoms with Crippen molar-refractivity contribution >= 4 is 17.1 Å². The topological polar surface area (TPSA) is 0 Å². The first-order chi connectivity index (χ1) is 2.27. The summed E-state index contributed by atoms with van der Waals surface area (Å²) in [7, 11) is 7.77. The summed E-state index contributed by atoms with van der Waals surface area (Å²) in [6.07, 6.45) is 1.05. The zero-order valence-corrected chi connectivity index (χ0v) is 4.59. The number of hydrogen-bond acceptors (Lipinski definition) is 0. The van der Waals surface area contributed by atoms with Crippen molar-refractivity contribution in [3.8, 4) is 0 Å². The third-order valence-corrected chi connectivity index (χ3v) is 0.943. The molecule has 28 valence electrons. The Morgan fingerprint density at radius 3 is 2.20 bits per heavy atom. The van der Waals surface area contributed by atoms with Gasteiger partial charge in [0.15, 0.2) is 0 Å². The molecule has 0 aliphatic rings. The molecular formula is C3H8BP. The lowest BCUT2D eigenvalue weighted by molar-refractivity contribution is 1.05. The van der Waals surface area contributed by atoms with Gasteiger partial charge in [-0.05, 0) is 0 Å². The molecule has 5 heavy (non-hydrogen) atoms. The summed E-state index contributed by atoms with van der Waals surface area (Å²) in [5.74, 6) is 0. The molecule has 1 unspecified atom stereocenters. The van der Waals surface area contributed by atoms with Crippen molar-refractivity contribution in [1.82, 2.24) is 0 Å². The predicted molar refractivity (Wildman–Crippen MR) is 29.5 cm³/mol. The first-order valence-corrected chi connectivity index (χ1v) is 2.45. The first kappa shape index (κ1) is 5.49. The molecule has 0 aromatic carbocycles. The maximum Gasteiger partial charge on any atom is 0.0756 e. The fraction of sp³-hybridized carbons (Fsp3) is 1.00. The van der Waals surface area contributed by atoms with Crippen molar-refractivity contribution in [3.63, 3.8) is 0 Å². The van der Waals surface area contributed by atoms with Crippen LogP contribution in [-0.4, -0.2) is 13.4 Å². The zero-order chi connectivity index (χ0) is 4.28. The molecule has 0 aliphatic carbocycles. The molecule has 0 spiro atoms. The van der Waals surface area contributed by atoms with Crippen molar-refractivity contribution in [1.29, 1.82) is 0 Å². The third kappa shape index (κ3) is 4.49. The van der Waals surface area contributed by atoms with Crippen LogP contribution in [0.4, 0.5) is 0 Å². The second-order valence-corrected chi connectivity index (χ2v) is 1.93. The van der Waals surface area contributed by atoms with E-state index in [-0.39, 0.29) is 0 Å². The Morgan fingerprint density at radius 1 is 2.00 bits per heavy atom. The maximum absolute atomic E-state index is 5.25. The molecule has 0 aromatic rings. The molecule has 0 nitrogen and oxygen atoms in total. The monoisotopic (exact) mass is 86.0 g/mol. The van der Waals surface area contributed by atoms with E-state index in [1.54, 1.807) is 0 Å². The molecule has 2 atom stereocenters. The van der Waals surface area contributed by atoms with Crippen molar-refractivity contribution < 1.29 is 0 Å². The van der Waals surface area contributed by atoms with Gasteiger partial charge in [-0.1, -0.05) is 18.9 Å². The molecule has 0 amide bonds. The van der Waals surface area contributed by atoms with E-state index in [0.29, 0.717) is 5.56 Å². The van der Waals surface area contributed by atoms with Crippen LogP contribution in [0.25, 0.3) is 0 Å². The van der Waals surface area contributed by atoms with Gasteiger partial charge in [0.1, 0.15) is 0 Å². The lowest BCUT2D eigenvalue weighted by Crippen LogP contribution is -1.88. The smallest absolute Gasteiger partial charge is 0.0756 e. The Labute approximate surface area is 37.0 Å². The van der Waals surface area contributed by atoms with Crippen molar-refractivity contribution in [2.24, 2.45) is 0 Å². The summed E-state index contributed by atoms with van der Waals surface area (Å²) in [5.41, 5.74) is 0.301. The molecule has 0 aliphatic heterocycles. The van der Waals surface area contributed by atoms with E-state index >= 15 is 0 Å². The van der Waals surface area contributed by atoms with Crippen molar-refractivity contribution in [3.05, 3.63) is 0 Å².